The van der Waals surface area contributed by atoms with Crippen molar-refractivity contribution in [3.8, 4) is 11.5 Å². The zero-order valence-corrected chi connectivity index (χ0v) is 16.1. The van der Waals surface area contributed by atoms with Gasteiger partial charge in [-0.3, -0.25) is 0 Å². The Morgan fingerprint density at radius 2 is 1.64 bits per heavy atom. The summed E-state index contributed by atoms with van der Waals surface area (Å²) in [6, 6.07) is 16.4. The van der Waals surface area contributed by atoms with Crippen molar-refractivity contribution in [3.63, 3.8) is 0 Å². The van der Waals surface area contributed by atoms with Crippen LogP contribution < -0.4 is 14.8 Å². The Bertz CT molecular complexity index is 642. The molecule has 0 aromatic heterocycles. The van der Waals surface area contributed by atoms with Crippen LogP contribution in [0.3, 0.4) is 0 Å². The van der Waals surface area contributed by atoms with E-state index in [4.69, 9.17) is 9.47 Å². The second-order valence-electron chi connectivity index (χ2n) is 7.78. The third-order valence-corrected chi connectivity index (χ3v) is 3.84. The summed E-state index contributed by atoms with van der Waals surface area (Å²) in [6.07, 6.45) is 0. The maximum atomic E-state index is 5.81. The molecular formula is C22H31NO2. The first-order valence-corrected chi connectivity index (χ1v) is 9.04. The van der Waals surface area contributed by atoms with Crippen molar-refractivity contribution < 1.29 is 9.47 Å². The van der Waals surface area contributed by atoms with E-state index in [0.717, 1.165) is 30.3 Å². The summed E-state index contributed by atoms with van der Waals surface area (Å²) in [4.78, 5) is 0. The van der Waals surface area contributed by atoms with E-state index >= 15 is 0 Å². The van der Waals surface area contributed by atoms with Gasteiger partial charge in [0, 0.05) is 18.3 Å². The van der Waals surface area contributed by atoms with Gasteiger partial charge in [-0.15, -0.1) is 0 Å². The first kappa shape index (κ1) is 19.2. The van der Waals surface area contributed by atoms with Crippen LogP contribution >= 0.6 is 0 Å². The van der Waals surface area contributed by atoms with Crippen LogP contribution in [-0.2, 0) is 5.41 Å². The summed E-state index contributed by atoms with van der Waals surface area (Å²) in [7, 11) is 0. The molecule has 1 N–H and O–H groups in total. The Labute approximate surface area is 152 Å². The van der Waals surface area contributed by atoms with Gasteiger partial charge < -0.3 is 14.8 Å². The second kappa shape index (κ2) is 8.80. The van der Waals surface area contributed by atoms with Crippen LogP contribution in [-0.4, -0.2) is 19.8 Å². The fourth-order valence-electron chi connectivity index (χ4n) is 2.37. The molecule has 0 heterocycles. The third kappa shape index (κ3) is 6.69. The molecule has 0 atom stereocenters. The Morgan fingerprint density at radius 3 is 2.28 bits per heavy atom. The van der Waals surface area contributed by atoms with Gasteiger partial charge in [0.05, 0.1) is 6.61 Å². The number of anilines is 1. The molecule has 0 aliphatic carbocycles. The summed E-state index contributed by atoms with van der Waals surface area (Å²) in [5.74, 6) is 2.33. The highest BCUT2D eigenvalue weighted by molar-refractivity contribution is 5.48. The molecule has 0 amide bonds. The van der Waals surface area contributed by atoms with Gasteiger partial charge in [0.2, 0.25) is 0 Å². The van der Waals surface area contributed by atoms with Gasteiger partial charge in [-0.25, -0.2) is 0 Å². The molecule has 2 aromatic rings. The Kier molecular flexibility index (Phi) is 6.74. The van der Waals surface area contributed by atoms with Crippen LogP contribution in [0.5, 0.6) is 11.5 Å². The van der Waals surface area contributed by atoms with Gasteiger partial charge in [-0.2, -0.15) is 0 Å². The lowest BCUT2D eigenvalue weighted by molar-refractivity contribution is 0.271. The van der Waals surface area contributed by atoms with Crippen molar-refractivity contribution >= 4 is 5.69 Å². The molecule has 0 saturated heterocycles. The molecule has 0 spiro atoms. The molecule has 2 rings (SSSR count). The quantitative estimate of drug-likeness (QED) is 0.642. The number of hydrogen-bond acceptors (Lipinski definition) is 3. The van der Waals surface area contributed by atoms with Crippen LogP contribution in [0, 0.1) is 5.92 Å². The Hall–Kier alpha value is -2.16. The van der Waals surface area contributed by atoms with E-state index in [1.165, 1.54) is 5.56 Å². The van der Waals surface area contributed by atoms with Crippen molar-refractivity contribution in [3.05, 3.63) is 54.1 Å². The van der Waals surface area contributed by atoms with Gasteiger partial charge in [0.25, 0.3) is 0 Å². The SMILES string of the molecule is CC(C)COc1cccc(NCCOc2ccc(C(C)(C)C)cc2)c1. The molecule has 3 heteroatoms. The van der Waals surface area contributed by atoms with Crippen LogP contribution in [0.2, 0.25) is 0 Å². The van der Waals surface area contributed by atoms with Gasteiger partial charge in [0.1, 0.15) is 18.1 Å². The molecule has 3 nitrogen and oxygen atoms in total. The molecule has 0 aliphatic rings. The van der Waals surface area contributed by atoms with Crippen molar-refractivity contribution in [2.24, 2.45) is 5.92 Å². The monoisotopic (exact) mass is 341 g/mol. The summed E-state index contributed by atoms with van der Waals surface area (Å²) >= 11 is 0. The molecule has 0 bridgehead atoms. The zero-order chi connectivity index (χ0) is 18.3. The van der Waals surface area contributed by atoms with E-state index in [1.807, 2.05) is 36.4 Å². The number of rotatable bonds is 8. The Morgan fingerprint density at radius 1 is 0.920 bits per heavy atom. The first-order valence-electron chi connectivity index (χ1n) is 9.04. The van der Waals surface area contributed by atoms with Crippen LogP contribution in [0.15, 0.2) is 48.5 Å². The summed E-state index contributed by atoms with van der Waals surface area (Å²) in [5.41, 5.74) is 2.53. The fraction of sp³-hybridized carbons (Fsp3) is 0.455. The van der Waals surface area contributed by atoms with E-state index < -0.39 is 0 Å². The highest BCUT2D eigenvalue weighted by Gasteiger charge is 2.12. The van der Waals surface area contributed by atoms with Crippen molar-refractivity contribution in [1.29, 1.82) is 0 Å². The number of benzene rings is 2. The standard InChI is InChI=1S/C22H31NO2/c1-17(2)16-25-21-8-6-7-19(15-21)23-13-14-24-20-11-9-18(10-12-20)22(3,4)5/h6-12,15,17,23H,13-14,16H2,1-5H3. The highest BCUT2D eigenvalue weighted by atomic mass is 16.5. The summed E-state index contributed by atoms with van der Waals surface area (Å²) < 4.78 is 11.6. The topological polar surface area (TPSA) is 30.5 Å². The van der Waals surface area contributed by atoms with Crippen molar-refractivity contribution in [1.82, 2.24) is 0 Å². The smallest absolute Gasteiger partial charge is 0.121 e. The van der Waals surface area contributed by atoms with E-state index in [2.05, 4.69) is 52.1 Å². The van der Waals surface area contributed by atoms with Crippen LogP contribution in [0.4, 0.5) is 5.69 Å². The molecule has 0 aliphatic heterocycles. The fourth-order valence-corrected chi connectivity index (χ4v) is 2.37. The molecular weight excluding hydrogens is 310 g/mol. The first-order chi connectivity index (χ1) is 11.8. The second-order valence-corrected chi connectivity index (χ2v) is 7.78. The average molecular weight is 341 g/mol. The van der Waals surface area contributed by atoms with Crippen LogP contribution in [0.25, 0.3) is 0 Å². The number of nitrogens with one attached hydrogen (secondary N) is 1. The van der Waals surface area contributed by atoms with Gasteiger partial charge in [-0.1, -0.05) is 52.8 Å². The Balaban J connectivity index is 1.76. The summed E-state index contributed by atoms with van der Waals surface area (Å²) in [5, 5.41) is 3.37. The van der Waals surface area contributed by atoms with Crippen LogP contribution in [0.1, 0.15) is 40.2 Å². The lowest BCUT2D eigenvalue weighted by atomic mass is 9.87. The lowest BCUT2D eigenvalue weighted by Crippen LogP contribution is -2.13. The molecule has 0 unspecified atom stereocenters. The van der Waals surface area contributed by atoms with Gasteiger partial charge in [0.15, 0.2) is 0 Å². The highest BCUT2D eigenvalue weighted by Crippen LogP contribution is 2.24. The molecule has 0 radical (unpaired) electrons. The van der Waals surface area contributed by atoms with E-state index in [9.17, 15) is 0 Å². The predicted octanol–water partition coefficient (Wildman–Crippen LogP) is 5.51. The van der Waals surface area contributed by atoms with Crippen molar-refractivity contribution in [2.45, 2.75) is 40.0 Å². The maximum absolute atomic E-state index is 5.81. The van der Waals surface area contributed by atoms with E-state index in [-0.39, 0.29) is 5.41 Å². The molecule has 0 fully saturated rings. The minimum Gasteiger partial charge on any atom is -0.493 e. The normalized spacial score (nSPS) is 11.4. The minimum atomic E-state index is 0.169. The molecule has 25 heavy (non-hydrogen) atoms. The maximum Gasteiger partial charge on any atom is 0.121 e. The minimum absolute atomic E-state index is 0.169. The van der Waals surface area contributed by atoms with Crippen molar-refractivity contribution in [2.75, 3.05) is 25.1 Å². The molecule has 136 valence electrons. The third-order valence-electron chi connectivity index (χ3n) is 3.84. The number of hydrogen-bond donors (Lipinski definition) is 1. The summed E-state index contributed by atoms with van der Waals surface area (Å²) in [6.45, 7) is 13.0. The van der Waals surface area contributed by atoms with Gasteiger partial charge >= 0.3 is 0 Å². The largest absolute Gasteiger partial charge is 0.493 e. The predicted molar refractivity (Wildman–Crippen MR) is 106 cm³/mol. The zero-order valence-electron chi connectivity index (χ0n) is 16.1. The lowest BCUT2D eigenvalue weighted by Gasteiger charge is -2.19. The number of ether oxygens (including phenoxy) is 2. The molecule has 2 aromatic carbocycles. The van der Waals surface area contributed by atoms with Gasteiger partial charge in [-0.05, 0) is 41.2 Å². The van der Waals surface area contributed by atoms with E-state index in [0.29, 0.717) is 12.5 Å². The molecule has 0 saturated carbocycles. The van der Waals surface area contributed by atoms with E-state index in [1.54, 1.807) is 0 Å². The average Bonchev–Trinajstić information content (AvgIpc) is 2.57.